The SMILES string of the molecule is CC12C=CC=CC1=C(I)c1ccccc1C2c1ccccc1. The van der Waals surface area contributed by atoms with Crippen LogP contribution in [0.3, 0.4) is 0 Å². The Morgan fingerprint density at radius 2 is 1.64 bits per heavy atom. The van der Waals surface area contributed by atoms with Crippen molar-refractivity contribution in [2.45, 2.75) is 12.8 Å². The van der Waals surface area contributed by atoms with Gasteiger partial charge in [-0.15, -0.1) is 0 Å². The van der Waals surface area contributed by atoms with E-state index >= 15 is 0 Å². The summed E-state index contributed by atoms with van der Waals surface area (Å²) in [6.45, 7) is 2.37. The van der Waals surface area contributed by atoms with Crippen molar-refractivity contribution in [1.82, 2.24) is 0 Å². The van der Waals surface area contributed by atoms with Crippen LogP contribution < -0.4 is 0 Å². The summed E-state index contributed by atoms with van der Waals surface area (Å²) in [6.07, 6.45) is 9.01. The van der Waals surface area contributed by atoms with E-state index in [1.165, 1.54) is 25.8 Å². The third-order valence-electron chi connectivity index (χ3n) is 4.87. The first-order valence-electron chi connectivity index (χ1n) is 7.62. The van der Waals surface area contributed by atoms with Gasteiger partial charge in [-0.1, -0.05) is 85.8 Å². The van der Waals surface area contributed by atoms with Crippen LogP contribution in [-0.4, -0.2) is 0 Å². The van der Waals surface area contributed by atoms with Gasteiger partial charge in [0.25, 0.3) is 0 Å². The van der Waals surface area contributed by atoms with Crippen molar-refractivity contribution in [2.24, 2.45) is 5.41 Å². The Balaban J connectivity index is 2.05. The van der Waals surface area contributed by atoms with Crippen molar-refractivity contribution in [3.63, 3.8) is 0 Å². The molecular formula is C21H17I. The molecule has 22 heavy (non-hydrogen) atoms. The maximum Gasteiger partial charge on any atom is 0.0246 e. The highest BCUT2D eigenvalue weighted by Crippen LogP contribution is 2.57. The molecule has 2 aromatic carbocycles. The molecule has 2 aliphatic rings. The van der Waals surface area contributed by atoms with Crippen LogP contribution in [0.5, 0.6) is 0 Å². The largest absolute Gasteiger partial charge is 0.0732 e. The maximum absolute atomic E-state index is 2.52. The molecule has 0 radical (unpaired) electrons. The lowest BCUT2D eigenvalue weighted by atomic mass is 9.61. The van der Waals surface area contributed by atoms with E-state index in [2.05, 4.69) is 108 Å². The molecule has 2 aromatic rings. The Morgan fingerprint density at radius 3 is 2.45 bits per heavy atom. The lowest BCUT2D eigenvalue weighted by Crippen LogP contribution is -2.31. The second kappa shape index (κ2) is 5.24. The normalized spacial score (nSPS) is 25.8. The second-order valence-electron chi connectivity index (χ2n) is 6.16. The van der Waals surface area contributed by atoms with Gasteiger partial charge in [-0.25, -0.2) is 0 Å². The molecule has 0 N–H and O–H groups in total. The van der Waals surface area contributed by atoms with Crippen molar-refractivity contribution >= 4 is 26.2 Å². The quantitative estimate of drug-likeness (QED) is 0.510. The van der Waals surface area contributed by atoms with E-state index in [1.807, 2.05) is 0 Å². The molecule has 0 heterocycles. The van der Waals surface area contributed by atoms with E-state index in [-0.39, 0.29) is 5.41 Å². The van der Waals surface area contributed by atoms with Gasteiger partial charge in [0.1, 0.15) is 0 Å². The number of benzene rings is 2. The zero-order valence-corrected chi connectivity index (χ0v) is 14.6. The standard InChI is InChI=1S/C21H17I/c1-21-14-8-7-13-18(21)20(22)17-12-6-5-11-16(17)19(21)15-9-3-2-4-10-15/h2-14,19H,1H3. The molecule has 1 heteroatoms. The fourth-order valence-corrected chi connectivity index (χ4v) is 5.08. The Labute approximate surface area is 145 Å². The Kier molecular flexibility index (Phi) is 3.33. The molecule has 0 aromatic heterocycles. The minimum absolute atomic E-state index is 0.0149. The highest BCUT2D eigenvalue weighted by Gasteiger charge is 2.43. The molecule has 2 aliphatic carbocycles. The first-order chi connectivity index (χ1) is 10.7. The molecule has 0 aliphatic heterocycles. The number of allylic oxidation sites excluding steroid dienone is 5. The minimum Gasteiger partial charge on any atom is -0.0732 e. The molecule has 0 fully saturated rings. The lowest BCUT2D eigenvalue weighted by Gasteiger charge is -2.43. The smallest absolute Gasteiger partial charge is 0.0246 e. The predicted molar refractivity (Wildman–Crippen MR) is 102 cm³/mol. The number of rotatable bonds is 1. The first kappa shape index (κ1) is 14.0. The third-order valence-corrected chi connectivity index (χ3v) is 6.04. The summed E-state index contributed by atoms with van der Waals surface area (Å²) in [5.74, 6) is 0.361. The number of halogens is 1. The molecule has 0 nitrogen and oxygen atoms in total. The summed E-state index contributed by atoms with van der Waals surface area (Å²) in [7, 11) is 0. The van der Waals surface area contributed by atoms with E-state index in [9.17, 15) is 0 Å². The summed E-state index contributed by atoms with van der Waals surface area (Å²) < 4.78 is 1.38. The molecule has 0 bridgehead atoms. The first-order valence-corrected chi connectivity index (χ1v) is 8.70. The molecule has 0 amide bonds. The van der Waals surface area contributed by atoms with E-state index < -0.39 is 0 Å². The van der Waals surface area contributed by atoms with Gasteiger partial charge in [0.15, 0.2) is 0 Å². The van der Waals surface area contributed by atoms with Crippen LogP contribution in [0.4, 0.5) is 0 Å². The number of hydrogen-bond acceptors (Lipinski definition) is 0. The van der Waals surface area contributed by atoms with Gasteiger partial charge in [0, 0.05) is 14.9 Å². The number of fused-ring (bicyclic) bond motifs is 2. The van der Waals surface area contributed by atoms with Crippen molar-refractivity contribution in [2.75, 3.05) is 0 Å². The molecular weight excluding hydrogens is 379 g/mol. The highest BCUT2D eigenvalue weighted by molar-refractivity contribution is 14.1. The van der Waals surface area contributed by atoms with Crippen LogP contribution in [0.2, 0.25) is 0 Å². The van der Waals surface area contributed by atoms with Crippen LogP contribution >= 0.6 is 22.6 Å². The van der Waals surface area contributed by atoms with Gasteiger partial charge < -0.3 is 0 Å². The fraction of sp³-hybridized carbons (Fsp3) is 0.143. The molecule has 0 saturated carbocycles. The molecule has 2 unspecified atom stereocenters. The van der Waals surface area contributed by atoms with Crippen molar-refractivity contribution < 1.29 is 0 Å². The molecule has 0 saturated heterocycles. The van der Waals surface area contributed by atoms with Gasteiger partial charge in [0.05, 0.1) is 0 Å². The second-order valence-corrected chi connectivity index (χ2v) is 7.24. The predicted octanol–water partition coefficient (Wildman–Crippen LogP) is 6.11. The topological polar surface area (TPSA) is 0 Å². The Hall–Kier alpha value is -1.61. The summed E-state index contributed by atoms with van der Waals surface area (Å²) in [6, 6.07) is 19.8. The molecule has 108 valence electrons. The summed E-state index contributed by atoms with van der Waals surface area (Å²) in [5, 5.41) is 0. The van der Waals surface area contributed by atoms with E-state index in [0.29, 0.717) is 5.92 Å². The summed E-state index contributed by atoms with van der Waals surface area (Å²) in [4.78, 5) is 0. The van der Waals surface area contributed by atoms with E-state index in [4.69, 9.17) is 0 Å². The van der Waals surface area contributed by atoms with E-state index in [0.717, 1.165) is 0 Å². The van der Waals surface area contributed by atoms with Gasteiger partial charge in [-0.3, -0.25) is 0 Å². The van der Waals surface area contributed by atoms with Crippen LogP contribution in [0.15, 0.2) is 84.5 Å². The average Bonchev–Trinajstić information content (AvgIpc) is 2.56. The molecule has 0 spiro atoms. The van der Waals surface area contributed by atoms with Gasteiger partial charge in [0.2, 0.25) is 0 Å². The van der Waals surface area contributed by atoms with Gasteiger partial charge in [-0.05, 0) is 44.9 Å². The fourth-order valence-electron chi connectivity index (χ4n) is 3.83. The maximum atomic E-state index is 2.52. The summed E-state index contributed by atoms with van der Waals surface area (Å²) >= 11 is 2.52. The third kappa shape index (κ3) is 1.95. The molecule has 4 rings (SSSR count). The van der Waals surface area contributed by atoms with Crippen molar-refractivity contribution in [3.05, 3.63) is 101 Å². The van der Waals surface area contributed by atoms with Crippen molar-refractivity contribution in [1.29, 1.82) is 0 Å². The zero-order valence-electron chi connectivity index (χ0n) is 12.5. The lowest BCUT2D eigenvalue weighted by molar-refractivity contribution is 0.450. The number of hydrogen-bond donors (Lipinski definition) is 0. The highest BCUT2D eigenvalue weighted by atomic mass is 127. The van der Waals surface area contributed by atoms with E-state index in [1.54, 1.807) is 0 Å². The van der Waals surface area contributed by atoms with Crippen LogP contribution in [0.25, 0.3) is 3.58 Å². The van der Waals surface area contributed by atoms with Gasteiger partial charge in [-0.2, -0.15) is 0 Å². The monoisotopic (exact) mass is 396 g/mol. The van der Waals surface area contributed by atoms with Crippen LogP contribution in [0.1, 0.15) is 29.5 Å². The van der Waals surface area contributed by atoms with Crippen LogP contribution in [0, 0.1) is 5.41 Å². The minimum atomic E-state index is 0.0149. The summed E-state index contributed by atoms with van der Waals surface area (Å²) in [5.41, 5.74) is 5.65. The average molecular weight is 396 g/mol. The Bertz CT molecular complexity index is 811. The molecule has 2 atom stereocenters. The zero-order chi connectivity index (χ0) is 15.2. The van der Waals surface area contributed by atoms with Crippen LogP contribution in [-0.2, 0) is 0 Å². The van der Waals surface area contributed by atoms with Gasteiger partial charge >= 0.3 is 0 Å². The van der Waals surface area contributed by atoms with Crippen molar-refractivity contribution in [3.8, 4) is 0 Å². The Morgan fingerprint density at radius 1 is 0.909 bits per heavy atom.